The number of allylic oxidation sites excluding steroid dienone is 1. The molecule has 4 rings (SSSR count). The van der Waals surface area contributed by atoms with Crippen LogP contribution in [0.5, 0.6) is 0 Å². The van der Waals surface area contributed by atoms with Crippen LogP contribution in [-0.4, -0.2) is 11.2 Å². The molecule has 4 saturated carbocycles. The van der Waals surface area contributed by atoms with Crippen molar-refractivity contribution in [1.29, 1.82) is 0 Å². The molecule has 1 nitrogen and oxygen atoms in total. The van der Waals surface area contributed by atoms with E-state index in [-0.39, 0.29) is 6.10 Å². The molecule has 118 valence electrons. The Hall–Kier alpha value is -0.300. The first-order chi connectivity index (χ1) is 9.79. The van der Waals surface area contributed by atoms with Crippen molar-refractivity contribution >= 4 is 0 Å². The minimum absolute atomic E-state index is 0.0915. The van der Waals surface area contributed by atoms with E-state index in [4.69, 9.17) is 0 Å². The Morgan fingerprint density at radius 1 is 1.10 bits per heavy atom. The van der Waals surface area contributed by atoms with Gasteiger partial charge in [0.15, 0.2) is 0 Å². The van der Waals surface area contributed by atoms with E-state index in [9.17, 15) is 5.11 Å². The molecule has 6 atom stereocenters. The average Bonchev–Trinajstić information content (AvgIpc) is 2.57. The van der Waals surface area contributed by atoms with Crippen LogP contribution in [0.4, 0.5) is 0 Å². The minimum atomic E-state index is -0.0915. The molecule has 0 saturated heterocycles. The number of hydrogen-bond acceptors (Lipinski definition) is 1. The lowest BCUT2D eigenvalue weighted by molar-refractivity contribution is -0.197. The molecule has 2 bridgehead atoms. The Morgan fingerprint density at radius 3 is 2.62 bits per heavy atom. The van der Waals surface area contributed by atoms with E-state index in [2.05, 4.69) is 27.4 Å². The van der Waals surface area contributed by atoms with Crippen molar-refractivity contribution in [1.82, 2.24) is 0 Å². The van der Waals surface area contributed by atoms with Gasteiger partial charge in [-0.15, -0.1) is 0 Å². The predicted molar refractivity (Wildman–Crippen MR) is 86.9 cm³/mol. The smallest absolute Gasteiger partial charge is 0.0584 e. The monoisotopic (exact) mass is 288 g/mol. The van der Waals surface area contributed by atoms with Gasteiger partial charge in [0, 0.05) is 0 Å². The second kappa shape index (κ2) is 4.16. The zero-order chi connectivity index (χ0) is 15.0. The molecule has 1 heteroatoms. The Kier molecular flexibility index (Phi) is 2.83. The molecule has 0 aromatic rings. The molecule has 0 heterocycles. The van der Waals surface area contributed by atoms with Gasteiger partial charge in [-0.25, -0.2) is 0 Å². The highest BCUT2D eigenvalue weighted by Gasteiger charge is 2.65. The van der Waals surface area contributed by atoms with Crippen LogP contribution in [0.3, 0.4) is 0 Å². The lowest BCUT2D eigenvalue weighted by Crippen LogP contribution is -2.61. The highest BCUT2D eigenvalue weighted by Crippen LogP contribution is 2.71. The molecule has 4 fully saturated rings. The summed E-state index contributed by atoms with van der Waals surface area (Å²) >= 11 is 0. The molecule has 4 aliphatic rings. The van der Waals surface area contributed by atoms with Gasteiger partial charge in [-0.2, -0.15) is 0 Å². The van der Waals surface area contributed by atoms with Gasteiger partial charge in [0.2, 0.25) is 0 Å². The summed E-state index contributed by atoms with van der Waals surface area (Å²) in [6, 6.07) is 0. The first kappa shape index (κ1) is 14.3. The van der Waals surface area contributed by atoms with Gasteiger partial charge >= 0.3 is 0 Å². The molecule has 1 N–H and O–H groups in total. The standard InChI is InChI=1S/C20H32O/c1-13-10-20-11-14(13)6-7-16(20)19(4)9-5-8-18(2,3)17(19)15(21)12-20/h14-17,21H,1,5-12H2,2-4H3/t14-,15-,16+,17+,19-,20-/m1/s1. The van der Waals surface area contributed by atoms with Crippen LogP contribution in [0.15, 0.2) is 12.2 Å². The Bertz CT molecular complexity index is 478. The molecule has 0 unspecified atom stereocenters. The van der Waals surface area contributed by atoms with Gasteiger partial charge in [-0.05, 0) is 78.9 Å². The lowest BCUT2D eigenvalue weighted by Gasteiger charge is -2.65. The number of aliphatic hydroxyl groups is 1. The van der Waals surface area contributed by atoms with Crippen molar-refractivity contribution in [3.8, 4) is 0 Å². The third kappa shape index (κ3) is 1.73. The van der Waals surface area contributed by atoms with Gasteiger partial charge < -0.3 is 5.11 Å². The second-order valence-electron chi connectivity index (χ2n) is 9.83. The summed E-state index contributed by atoms with van der Waals surface area (Å²) in [6.45, 7) is 11.7. The molecule has 0 radical (unpaired) electrons. The van der Waals surface area contributed by atoms with Crippen LogP contribution in [-0.2, 0) is 0 Å². The minimum Gasteiger partial charge on any atom is -0.393 e. The van der Waals surface area contributed by atoms with Crippen LogP contribution in [0.2, 0.25) is 0 Å². The number of rotatable bonds is 0. The zero-order valence-corrected chi connectivity index (χ0v) is 14.1. The van der Waals surface area contributed by atoms with E-state index in [1.165, 1.54) is 50.5 Å². The first-order valence-corrected chi connectivity index (χ1v) is 9.14. The van der Waals surface area contributed by atoms with Crippen LogP contribution >= 0.6 is 0 Å². The summed E-state index contributed by atoms with van der Waals surface area (Å²) in [6.07, 6.45) is 10.2. The molecule has 21 heavy (non-hydrogen) atoms. The normalized spacial score (nSPS) is 55.0. The summed E-state index contributed by atoms with van der Waals surface area (Å²) in [5.41, 5.74) is 2.56. The van der Waals surface area contributed by atoms with Crippen LogP contribution in [0.25, 0.3) is 0 Å². The Balaban J connectivity index is 1.79. The van der Waals surface area contributed by atoms with Crippen molar-refractivity contribution in [3.05, 3.63) is 12.2 Å². The van der Waals surface area contributed by atoms with E-state index in [1.54, 1.807) is 0 Å². The van der Waals surface area contributed by atoms with E-state index < -0.39 is 0 Å². The Labute approximate surface area is 130 Å². The van der Waals surface area contributed by atoms with E-state index >= 15 is 0 Å². The van der Waals surface area contributed by atoms with Crippen LogP contribution < -0.4 is 0 Å². The number of hydrogen-bond donors (Lipinski definition) is 1. The van der Waals surface area contributed by atoms with Gasteiger partial charge in [-0.1, -0.05) is 39.3 Å². The third-order valence-electron chi connectivity index (χ3n) is 8.24. The fourth-order valence-electron chi connectivity index (χ4n) is 7.89. The Morgan fingerprint density at radius 2 is 1.86 bits per heavy atom. The summed E-state index contributed by atoms with van der Waals surface area (Å²) in [5.74, 6) is 2.10. The summed E-state index contributed by atoms with van der Waals surface area (Å²) in [5, 5.41) is 11.1. The molecular formula is C20H32O. The van der Waals surface area contributed by atoms with E-state index in [0.29, 0.717) is 22.2 Å². The highest BCUT2D eigenvalue weighted by molar-refractivity contribution is 5.23. The topological polar surface area (TPSA) is 20.2 Å². The zero-order valence-electron chi connectivity index (χ0n) is 14.1. The predicted octanol–water partition coefficient (Wildman–Crippen LogP) is 4.95. The molecule has 0 aromatic heterocycles. The quantitative estimate of drug-likeness (QED) is 0.626. The fourth-order valence-corrected chi connectivity index (χ4v) is 7.89. The van der Waals surface area contributed by atoms with Crippen molar-refractivity contribution in [3.63, 3.8) is 0 Å². The van der Waals surface area contributed by atoms with E-state index in [1.807, 2.05) is 0 Å². The largest absolute Gasteiger partial charge is 0.393 e. The van der Waals surface area contributed by atoms with Crippen LogP contribution in [0, 0.1) is 34.0 Å². The molecule has 0 aromatic carbocycles. The maximum absolute atomic E-state index is 11.1. The van der Waals surface area contributed by atoms with Crippen molar-refractivity contribution < 1.29 is 5.11 Å². The maximum Gasteiger partial charge on any atom is 0.0584 e. The van der Waals surface area contributed by atoms with E-state index in [0.717, 1.165) is 18.3 Å². The molecular weight excluding hydrogens is 256 g/mol. The molecule has 1 spiro atoms. The highest BCUT2D eigenvalue weighted by atomic mass is 16.3. The number of aliphatic hydroxyl groups excluding tert-OH is 1. The first-order valence-electron chi connectivity index (χ1n) is 9.14. The maximum atomic E-state index is 11.1. The molecule has 0 amide bonds. The van der Waals surface area contributed by atoms with Crippen molar-refractivity contribution in [2.45, 2.75) is 78.2 Å². The third-order valence-corrected chi connectivity index (χ3v) is 8.24. The van der Waals surface area contributed by atoms with Gasteiger partial charge in [0.1, 0.15) is 0 Å². The molecule has 4 aliphatic carbocycles. The van der Waals surface area contributed by atoms with Crippen LogP contribution in [0.1, 0.15) is 72.1 Å². The number of fused-ring (bicyclic) bond motifs is 3. The van der Waals surface area contributed by atoms with Gasteiger partial charge in [0.25, 0.3) is 0 Å². The summed E-state index contributed by atoms with van der Waals surface area (Å²) < 4.78 is 0. The molecule has 0 aliphatic heterocycles. The van der Waals surface area contributed by atoms with Gasteiger partial charge in [-0.3, -0.25) is 0 Å². The van der Waals surface area contributed by atoms with Crippen molar-refractivity contribution in [2.24, 2.45) is 34.0 Å². The van der Waals surface area contributed by atoms with Crippen molar-refractivity contribution in [2.75, 3.05) is 0 Å². The van der Waals surface area contributed by atoms with Gasteiger partial charge in [0.05, 0.1) is 6.10 Å². The fraction of sp³-hybridized carbons (Fsp3) is 0.900. The lowest BCUT2D eigenvalue weighted by atomic mass is 9.40. The summed E-state index contributed by atoms with van der Waals surface area (Å²) in [7, 11) is 0. The SMILES string of the molecule is C=C1C[C@]23C[C@H]1CC[C@H]2[C@@]1(C)CCCC(C)(C)[C@@H]1[C@H](O)C3. The summed E-state index contributed by atoms with van der Waals surface area (Å²) in [4.78, 5) is 0. The second-order valence-corrected chi connectivity index (χ2v) is 9.83. The average molecular weight is 288 g/mol.